The lowest BCUT2D eigenvalue weighted by atomic mass is 10.1. The van der Waals surface area contributed by atoms with Crippen LogP contribution < -0.4 is 15.5 Å². The van der Waals surface area contributed by atoms with Crippen LogP contribution in [0.2, 0.25) is 5.02 Å². The Kier molecular flexibility index (Phi) is 11.3. The summed E-state index contributed by atoms with van der Waals surface area (Å²) in [6.45, 7) is 4.39. The predicted octanol–water partition coefficient (Wildman–Crippen LogP) is 6.03. The third kappa shape index (κ3) is 9.60. The van der Waals surface area contributed by atoms with Crippen molar-refractivity contribution in [3.8, 4) is 16.9 Å². The van der Waals surface area contributed by atoms with Gasteiger partial charge in [0.25, 0.3) is 0 Å². The molecule has 1 heterocycles. The van der Waals surface area contributed by atoms with Crippen molar-refractivity contribution in [2.75, 3.05) is 6.61 Å². The lowest BCUT2D eigenvalue weighted by Gasteiger charge is -2.14. The van der Waals surface area contributed by atoms with Gasteiger partial charge in [0.2, 0.25) is 5.91 Å². The molecule has 2 aromatic carbocycles. The molecule has 1 unspecified atom stereocenters. The molecule has 0 aliphatic carbocycles. The van der Waals surface area contributed by atoms with Gasteiger partial charge >= 0.3 is 5.97 Å². The van der Waals surface area contributed by atoms with Gasteiger partial charge in [-0.25, -0.2) is 4.79 Å². The van der Waals surface area contributed by atoms with Crippen molar-refractivity contribution in [2.24, 2.45) is 0 Å². The number of aliphatic carboxylic acids is 1. The fourth-order valence-electron chi connectivity index (χ4n) is 3.73. The Balaban J connectivity index is 1.55. The molecular formula is C32H32ClN3O4. The molecule has 3 N–H and O–H groups in total. The van der Waals surface area contributed by atoms with E-state index in [1.807, 2.05) is 62.4 Å². The summed E-state index contributed by atoms with van der Waals surface area (Å²) in [5, 5.41) is 21.0. The van der Waals surface area contributed by atoms with Gasteiger partial charge < -0.3 is 19.7 Å². The molecule has 0 bridgehead atoms. The number of allylic oxidation sites excluding steroid dienone is 5. The van der Waals surface area contributed by atoms with E-state index in [1.54, 1.807) is 48.7 Å². The number of carboxylic acids is 1. The maximum absolute atomic E-state index is 12.5. The second-order valence-corrected chi connectivity index (χ2v) is 9.36. The Hall–Kier alpha value is -4.62. The Morgan fingerprint density at radius 3 is 2.45 bits per heavy atom. The lowest BCUT2D eigenvalue weighted by Crippen LogP contribution is -2.41. The first-order valence-electron chi connectivity index (χ1n) is 12.7. The van der Waals surface area contributed by atoms with Gasteiger partial charge in [-0.1, -0.05) is 65.7 Å². The summed E-state index contributed by atoms with van der Waals surface area (Å²) >= 11 is 5.94. The lowest BCUT2D eigenvalue weighted by molar-refractivity contribution is -0.141. The molecule has 40 heavy (non-hydrogen) atoms. The molecule has 0 saturated carbocycles. The number of carbonyl (C=O) groups is 2. The Labute approximate surface area is 238 Å². The van der Waals surface area contributed by atoms with E-state index in [9.17, 15) is 14.7 Å². The van der Waals surface area contributed by atoms with E-state index >= 15 is 0 Å². The molecule has 1 aromatic heterocycles. The SMILES string of the molecule is C\C=C/C(C)=C\C=C\COc1ccc(CC(NC(=O)/C=C/n2ccc(-c3ccc(Cl)cc3)cc2=N)C(=O)O)cc1. The van der Waals surface area contributed by atoms with Gasteiger partial charge in [0.05, 0.1) is 0 Å². The largest absolute Gasteiger partial charge is 0.490 e. The van der Waals surface area contributed by atoms with Crippen LogP contribution in [0.5, 0.6) is 5.75 Å². The maximum Gasteiger partial charge on any atom is 0.326 e. The second-order valence-electron chi connectivity index (χ2n) is 8.93. The minimum Gasteiger partial charge on any atom is -0.490 e. The van der Waals surface area contributed by atoms with Gasteiger partial charge in [0, 0.05) is 29.9 Å². The van der Waals surface area contributed by atoms with Crippen molar-refractivity contribution in [3.05, 3.63) is 125 Å². The molecule has 1 atom stereocenters. The van der Waals surface area contributed by atoms with Gasteiger partial charge in [0.1, 0.15) is 23.9 Å². The highest BCUT2D eigenvalue weighted by Gasteiger charge is 2.19. The smallest absolute Gasteiger partial charge is 0.326 e. The number of benzene rings is 2. The van der Waals surface area contributed by atoms with Gasteiger partial charge in [0.15, 0.2) is 0 Å². The van der Waals surface area contributed by atoms with Crippen LogP contribution in [0.4, 0.5) is 0 Å². The average molecular weight is 558 g/mol. The van der Waals surface area contributed by atoms with E-state index in [0.717, 1.165) is 22.3 Å². The zero-order chi connectivity index (χ0) is 28.9. The van der Waals surface area contributed by atoms with Crippen molar-refractivity contribution >= 4 is 29.7 Å². The number of ether oxygens (including phenoxy) is 1. The Morgan fingerprint density at radius 1 is 1.07 bits per heavy atom. The molecule has 8 heteroatoms. The number of halogens is 1. The molecule has 1 amide bonds. The first kappa shape index (κ1) is 29.9. The van der Waals surface area contributed by atoms with Crippen LogP contribution in [-0.4, -0.2) is 34.2 Å². The first-order chi connectivity index (χ1) is 19.2. The van der Waals surface area contributed by atoms with E-state index in [0.29, 0.717) is 17.4 Å². The topological polar surface area (TPSA) is 104 Å². The number of rotatable bonds is 12. The van der Waals surface area contributed by atoms with E-state index in [4.69, 9.17) is 21.7 Å². The standard InChI is InChI=1S/C32H32ClN3O4/c1-3-6-23(2)7-4-5-20-40-28-14-8-24(9-15-28)21-29(32(38)39)35-31(37)17-19-36-18-16-26(22-30(36)34)25-10-12-27(33)13-11-25/h3-19,22,29,34H,20-21H2,1-2H3,(H,35,37)(H,38,39)/b5-4+,6-3-,19-17+,23-7-,34-30?. The van der Waals surface area contributed by atoms with Crippen molar-refractivity contribution in [1.82, 2.24) is 9.88 Å². The number of aromatic nitrogens is 1. The quantitative estimate of drug-likeness (QED) is 0.187. The van der Waals surface area contributed by atoms with E-state index < -0.39 is 17.9 Å². The van der Waals surface area contributed by atoms with Crippen LogP contribution in [0.25, 0.3) is 17.3 Å². The molecule has 0 radical (unpaired) electrons. The summed E-state index contributed by atoms with van der Waals surface area (Å²) in [5.74, 6) is -1.06. The molecule has 3 rings (SSSR count). The van der Waals surface area contributed by atoms with Gasteiger partial charge in [-0.05, 0) is 73.0 Å². The predicted molar refractivity (Wildman–Crippen MR) is 159 cm³/mol. The molecule has 0 saturated heterocycles. The Bertz CT molecular complexity index is 1480. The number of hydrogen-bond acceptors (Lipinski definition) is 4. The minimum absolute atomic E-state index is 0.108. The molecule has 7 nitrogen and oxygen atoms in total. The van der Waals surface area contributed by atoms with Gasteiger partial charge in [-0.3, -0.25) is 10.2 Å². The van der Waals surface area contributed by atoms with Crippen molar-refractivity contribution in [2.45, 2.75) is 26.3 Å². The number of carbonyl (C=O) groups excluding carboxylic acids is 1. The fraction of sp³-hybridized carbons (Fsp3) is 0.156. The summed E-state index contributed by atoms with van der Waals surface area (Å²) in [5.41, 5.74) is 3.79. The summed E-state index contributed by atoms with van der Waals surface area (Å²) in [4.78, 5) is 24.3. The van der Waals surface area contributed by atoms with Crippen LogP contribution in [0, 0.1) is 5.41 Å². The third-order valence-electron chi connectivity index (χ3n) is 5.80. The second kappa shape index (κ2) is 15.1. The number of nitrogens with zero attached hydrogens (tertiary/aromatic N) is 1. The van der Waals surface area contributed by atoms with Crippen molar-refractivity contribution < 1.29 is 19.4 Å². The Morgan fingerprint density at radius 2 is 1.80 bits per heavy atom. The average Bonchev–Trinajstić information content (AvgIpc) is 2.93. The number of carboxylic acid groups (broad SMARTS) is 1. The highest BCUT2D eigenvalue weighted by atomic mass is 35.5. The van der Waals surface area contributed by atoms with Crippen LogP contribution in [0.3, 0.4) is 0 Å². The third-order valence-corrected chi connectivity index (χ3v) is 6.05. The number of pyridine rings is 1. The van der Waals surface area contributed by atoms with Gasteiger partial charge in [-0.2, -0.15) is 0 Å². The fourth-order valence-corrected chi connectivity index (χ4v) is 3.85. The summed E-state index contributed by atoms with van der Waals surface area (Å²) < 4.78 is 7.15. The summed E-state index contributed by atoms with van der Waals surface area (Å²) in [7, 11) is 0. The highest BCUT2D eigenvalue weighted by molar-refractivity contribution is 6.30. The van der Waals surface area contributed by atoms with Crippen molar-refractivity contribution in [3.63, 3.8) is 0 Å². The minimum atomic E-state index is -1.14. The van der Waals surface area contributed by atoms with Crippen LogP contribution in [0.1, 0.15) is 19.4 Å². The summed E-state index contributed by atoms with van der Waals surface area (Å²) in [6.07, 6.45) is 14.2. The zero-order valence-corrected chi connectivity index (χ0v) is 23.1. The molecule has 0 aliphatic rings. The molecular weight excluding hydrogens is 526 g/mol. The van der Waals surface area contributed by atoms with Crippen LogP contribution >= 0.6 is 11.6 Å². The molecule has 206 valence electrons. The maximum atomic E-state index is 12.5. The van der Waals surface area contributed by atoms with Crippen molar-refractivity contribution in [1.29, 1.82) is 5.41 Å². The summed E-state index contributed by atoms with van der Waals surface area (Å²) in [6, 6.07) is 16.7. The normalized spacial score (nSPS) is 12.7. The molecule has 0 spiro atoms. The zero-order valence-electron chi connectivity index (χ0n) is 22.4. The van der Waals surface area contributed by atoms with Crippen LogP contribution in [0.15, 0.2) is 109 Å². The highest BCUT2D eigenvalue weighted by Crippen LogP contribution is 2.20. The molecule has 3 aromatic rings. The van der Waals surface area contributed by atoms with E-state index in [-0.39, 0.29) is 11.9 Å². The molecule has 0 aliphatic heterocycles. The number of hydrogen-bond donors (Lipinski definition) is 3. The monoisotopic (exact) mass is 557 g/mol. The number of nitrogens with one attached hydrogen (secondary N) is 2. The van der Waals surface area contributed by atoms with E-state index in [2.05, 4.69) is 5.32 Å². The van der Waals surface area contributed by atoms with Gasteiger partial charge in [-0.15, -0.1) is 0 Å². The molecule has 0 fully saturated rings. The number of amides is 1. The van der Waals surface area contributed by atoms with E-state index in [1.165, 1.54) is 16.8 Å². The van der Waals surface area contributed by atoms with Crippen LogP contribution in [-0.2, 0) is 16.0 Å². The first-order valence-corrected chi connectivity index (χ1v) is 13.0.